The van der Waals surface area contributed by atoms with Gasteiger partial charge in [-0.3, -0.25) is 9.59 Å². The first-order valence-corrected chi connectivity index (χ1v) is 22.7. The summed E-state index contributed by atoms with van der Waals surface area (Å²) >= 11 is 0. The summed E-state index contributed by atoms with van der Waals surface area (Å²) in [6.07, 6.45) is 52.5. The lowest BCUT2D eigenvalue weighted by atomic mass is 10.0. The van der Waals surface area contributed by atoms with E-state index < -0.39 is 18.2 Å². The van der Waals surface area contributed by atoms with Crippen LogP contribution in [0.4, 0.5) is 0 Å². The van der Waals surface area contributed by atoms with Crippen LogP contribution in [0.2, 0.25) is 0 Å². The van der Waals surface area contributed by atoms with E-state index in [2.05, 4.69) is 68.6 Å². The van der Waals surface area contributed by atoms with Gasteiger partial charge in [0.2, 0.25) is 5.91 Å². The van der Waals surface area contributed by atoms with Gasteiger partial charge >= 0.3 is 5.97 Å². The minimum Gasteiger partial charge on any atom is -0.462 e. The minimum absolute atomic E-state index is 0.0449. The first-order valence-electron chi connectivity index (χ1n) is 22.7. The second-order valence-electron chi connectivity index (χ2n) is 15.1. The lowest BCUT2D eigenvalue weighted by molar-refractivity contribution is -0.151. The molecule has 0 aliphatic carbocycles. The molecule has 6 heteroatoms. The lowest BCUT2D eigenvalue weighted by Crippen LogP contribution is -2.46. The smallest absolute Gasteiger partial charge is 0.306 e. The van der Waals surface area contributed by atoms with Crippen molar-refractivity contribution < 1.29 is 24.5 Å². The Morgan fingerprint density at radius 3 is 1.71 bits per heavy atom. The van der Waals surface area contributed by atoms with E-state index in [1.165, 1.54) is 64.2 Å². The average Bonchev–Trinajstić information content (AvgIpc) is 3.18. The van der Waals surface area contributed by atoms with Crippen molar-refractivity contribution in [3.63, 3.8) is 0 Å². The number of unbranched alkanes of at least 4 members (excludes halogenated alkanes) is 18. The van der Waals surface area contributed by atoms with E-state index >= 15 is 0 Å². The van der Waals surface area contributed by atoms with E-state index in [0.29, 0.717) is 19.3 Å². The number of aliphatic hydroxyl groups is 2. The van der Waals surface area contributed by atoms with Crippen molar-refractivity contribution in [1.29, 1.82) is 0 Å². The van der Waals surface area contributed by atoms with E-state index in [1.54, 1.807) is 0 Å². The zero-order chi connectivity index (χ0) is 40.3. The van der Waals surface area contributed by atoms with E-state index in [-0.39, 0.29) is 24.9 Å². The van der Waals surface area contributed by atoms with Crippen LogP contribution in [0.1, 0.15) is 201 Å². The van der Waals surface area contributed by atoms with Crippen molar-refractivity contribution in [2.45, 2.75) is 219 Å². The summed E-state index contributed by atoms with van der Waals surface area (Å²) in [4.78, 5) is 26.0. The molecule has 0 aromatic carbocycles. The second-order valence-corrected chi connectivity index (χ2v) is 15.1. The van der Waals surface area contributed by atoms with Crippen LogP contribution >= 0.6 is 0 Å². The number of esters is 1. The number of nitrogens with one attached hydrogen (secondary N) is 1. The van der Waals surface area contributed by atoms with Crippen LogP contribution in [0.25, 0.3) is 0 Å². The molecule has 0 rings (SSSR count). The normalized spacial score (nSPS) is 14.1. The zero-order valence-corrected chi connectivity index (χ0v) is 35.8. The van der Waals surface area contributed by atoms with Gasteiger partial charge in [0.15, 0.2) is 0 Å². The number of allylic oxidation sites excluding steroid dienone is 12. The Hall–Kier alpha value is -2.70. The van der Waals surface area contributed by atoms with Gasteiger partial charge in [0.1, 0.15) is 6.10 Å². The fourth-order valence-corrected chi connectivity index (χ4v) is 6.48. The number of carbonyl (C=O) groups excluding carboxylic acids is 2. The summed E-state index contributed by atoms with van der Waals surface area (Å²) in [6.45, 7) is 6.18. The number of rotatable bonds is 39. The summed E-state index contributed by atoms with van der Waals surface area (Å²) in [5.41, 5.74) is 0. The lowest BCUT2D eigenvalue weighted by Gasteiger charge is -2.24. The number of carbonyl (C=O) groups is 2. The highest BCUT2D eigenvalue weighted by Gasteiger charge is 2.24. The largest absolute Gasteiger partial charge is 0.462 e. The Labute approximate surface area is 339 Å². The fourth-order valence-electron chi connectivity index (χ4n) is 6.48. The standard InChI is InChI=1S/C49H85NO5/c1-4-7-10-13-16-19-21-23-25-27-30-33-36-39-42-49(54)55-45(40-37-34-31-29-26-24-22-20-17-14-11-8-5-2)43-48(53)50-46(44-51)47(52)41-38-35-32-28-18-15-12-9-6-3/h7-8,10-11,14,16-17,19-20,22,24,26,45-47,51-52H,4-6,9,12-13,15,18,21,23,25,27-44H2,1-3H3,(H,50,53)/b10-7+,11-8+,17-14+,19-16+,22-20+,26-24-. The predicted molar refractivity (Wildman–Crippen MR) is 236 cm³/mol. The molecule has 0 saturated carbocycles. The highest BCUT2D eigenvalue weighted by atomic mass is 16.5. The van der Waals surface area contributed by atoms with Crippen molar-refractivity contribution in [2.24, 2.45) is 0 Å². The third-order valence-corrected chi connectivity index (χ3v) is 9.88. The van der Waals surface area contributed by atoms with Crippen LogP contribution in [-0.4, -0.2) is 46.9 Å². The SMILES string of the molecule is CC/C=C/C=C/C=C/C=C\CCCCCC(CC(=O)NC(CO)C(O)CCCCCCCCCCC)OC(=O)CCCCCCCCC/C=C/C/C=C/CC. The van der Waals surface area contributed by atoms with Gasteiger partial charge in [-0.25, -0.2) is 0 Å². The molecule has 0 aromatic heterocycles. The Morgan fingerprint density at radius 1 is 0.564 bits per heavy atom. The van der Waals surface area contributed by atoms with E-state index in [0.717, 1.165) is 89.9 Å². The molecule has 3 N–H and O–H groups in total. The molecule has 1 amide bonds. The molecule has 3 atom stereocenters. The monoisotopic (exact) mass is 768 g/mol. The molecule has 0 bridgehead atoms. The van der Waals surface area contributed by atoms with E-state index in [1.807, 2.05) is 30.4 Å². The maximum atomic E-state index is 13.1. The molecule has 0 aromatic rings. The Bertz CT molecular complexity index is 1040. The molecule has 0 fully saturated rings. The van der Waals surface area contributed by atoms with Crippen LogP contribution < -0.4 is 5.32 Å². The third kappa shape index (κ3) is 38.0. The van der Waals surface area contributed by atoms with Crippen molar-refractivity contribution in [3.8, 4) is 0 Å². The summed E-state index contributed by atoms with van der Waals surface area (Å²) in [5, 5.41) is 23.6. The van der Waals surface area contributed by atoms with Crippen LogP contribution in [0, 0.1) is 0 Å². The number of amides is 1. The van der Waals surface area contributed by atoms with Crippen LogP contribution in [0.15, 0.2) is 72.9 Å². The van der Waals surface area contributed by atoms with Crippen LogP contribution in [0.5, 0.6) is 0 Å². The highest BCUT2D eigenvalue weighted by molar-refractivity contribution is 5.77. The fraction of sp³-hybridized carbons (Fsp3) is 0.714. The van der Waals surface area contributed by atoms with Crippen molar-refractivity contribution in [3.05, 3.63) is 72.9 Å². The molecule has 0 heterocycles. The quantitative estimate of drug-likeness (QED) is 0.0250. The molecule has 0 saturated heterocycles. The van der Waals surface area contributed by atoms with Crippen molar-refractivity contribution >= 4 is 11.9 Å². The molecule has 6 nitrogen and oxygen atoms in total. The van der Waals surface area contributed by atoms with Gasteiger partial charge in [0.05, 0.1) is 25.2 Å². The molecular weight excluding hydrogens is 683 g/mol. The van der Waals surface area contributed by atoms with Gasteiger partial charge in [-0.05, 0) is 70.6 Å². The second kappa shape index (κ2) is 42.4. The molecule has 3 unspecified atom stereocenters. The zero-order valence-electron chi connectivity index (χ0n) is 35.8. The summed E-state index contributed by atoms with van der Waals surface area (Å²) in [7, 11) is 0. The number of aliphatic hydroxyl groups excluding tert-OH is 2. The number of hydrogen-bond donors (Lipinski definition) is 3. The average molecular weight is 768 g/mol. The van der Waals surface area contributed by atoms with Gasteiger partial charge in [0.25, 0.3) is 0 Å². The first-order chi connectivity index (χ1) is 27.0. The summed E-state index contributed by atoms with van der Waals surface area (Å²) in [6, 6.07) is -0.716. The van der Waals surface area contributed by atoms with Crippen molar-refractivity contribution in [1.82, 2.24) is 5.32 Å². The Kier molecular flexibility index (Phi) is 40.4. The van der Waals surface area contributed by atoms with E-state index in [4.69, 9.17) is 4.74 Å². The van der Waals surface area contributed by atoms with Gasteiger partial charge < -0.3 is 20.3 Å². The molecule has 0 spiro atoms. The summed E-state index contributed by atoms with van der Waals surface area (Å²) < 4.78 is 5.88. The Balaban J connectivity index is 4.69. The van der Waals surface area contributed by atoms with Crippen molar-refractivity contribution in [2.75, 3.05) is 6.61 Å². The molecule has 55 heavy (non-hydrogen) atoms. The molecule has 0 radical (unpaired) electrons. The third-order valence-electron chi connectivity index (χ3n) is 9.88. The first kappa shape index (κ1) is 52.3. The predicted octanol–water partition coefficient (Wildman–Crippen LogP) is 13.1. The minimum atomic E-state index is -0.800. The maximum Gasteiger partial charge on any atom is 0.306 e. The molecule has 0 aliphatic heterocycles. The van der Waals surface area contributed by atoms with Gasteiger partial charge in [-0.2, -0.15) is 0 Å². The number of ether oxygens (including phenoxy) is 1. The summed E-state index contributed by atoms with van der Waals surface area (Å²) in [5.74, 6) is -0.530. The van der Waals surface area contributed by atoms with Gasteiger partial charge in [0, 0.05) is 6.42 Å². The molecular formula is C49H85NO5. The Morgan fingerprint density at radius 2 is 1.07 bits per heavy atom. The highest BCUT2D eigenvalue weighted by Crippen LogP contribution is 2.17. The van der Waals surface area contributed by atoms with Crippen LogP contribution in [-0.2, 0) is 14.3 Å². The van der Waals surface area contributed by atoms with Gasteiger partial charge in [-0.15, -0.1) is 0 Å². The topological polar surface area (TPSA) is 95.9 Å². The van der Waals surface area contributed by atoms with Gasteiger partial charge in [-0.1, -0.05) is 190 Å². The molecule has 316 valence electrons. The molecule has 0 aliphatic rings. The van der Waals surface area contributed by atoms with E-state index in [9.17, 15) is 19.8 Å². The maximum absolute atomic E-state index is 13.1. The number of hydrogen-bond acceptors (Lipinski definition) is 5. The van der Waals surface area contributed by atoms with Crippen LogP contribution in [0.3, 0.4) is 0 Å².